The zero-order chi connectivity index (χ0) is 60.7. The van der Waals surface area contributed by atoms with Crippen molar-refractivity contribution in [1.82, 2.24) is 0 Å². The van der Waals surface area contributed by atoms with Crippen LogP contribution in [0.25, 0.3) is 164 Å². The highest BCUT2D eigenvalue weighted by Crippen LogP contribution is 2.41. The molecule has 432 valence electrons. The topological polar surface area (TPSA) is 39.4 Å². The molecule has 0 amide bonds. The molecule has 3 aromatic heterocycles. The predicted molar refractivity (Wildman–Crippen MR) is 385 cm³/mol. The quantitative estimate of drug-likeness (QED) is 0.156. The molecule has 0 aliphatic carbocycles. The van der Waals surface area contributed by atoms with E-state index in [4.69, 9.17) is 13.3 Å². The van der Waals surface area contributed by atoms with E-state index in [9.17, 15) is 0 Å². The second kappa shape index (κ2) is 22.1. The Morgan fingerprint density at radius 2 is 0.522 bits per heavy atom. The van der Waals surface area contributed by atoms with Crippen LogP contribution in [0.4, 0.5) is 0 Å². The Bertz CT molecular complexity index is 5830. The lowest BCUT2D eigenvalue weighted by molar-refractivity contribution is 0.668. The van der Waals surface area contributed by atoms with Gasteiger partial charge in [-0.25, -0.2) is 0 Å². The molecule has 15 aromatic carbocycles. The van der Waals surface area contributed by atoms with Gasteiger partial charge in [0.15, 0.2) is 0 Å². The van der Waals surface area contributed by atoms with Crippen molar-refractivity contribution < 1.29 is 13.3 Å². The van der Waals surface area contributed by atoms with E-state index >= 15 is 0 Å². The van der Waals surface area contributed by atoms with Gasteiger partial charge in [-0.3, -0.25) is 0 Å². The fraction of sp³-hybridized carbons (Fsp3) is 0.103. The van der Waals surface area contributed by atoms with Crippen LogP contribution in [0.5, 0.6) is 0 Å². The Hall–Kier alpha value is -10.7. The van der Waals surface area contributed by atoms with E-state index in [-0.39, 0.29) is 0 Å². The Balaban J connectivity index is 0.000000108. The molecule has 0 saturated heterocycles. The molecule has 3 nitrogen and oxygen atoms in total. The minimum atomic E-state index is 0.539. The molecule has 0 aliphatic rings. The molecule has 0 N–H and O–H groups in total. The summed E-state index contributed by atoms with van der Waals surface area (Å²) in [5.74, 6) is 1.62. The second-order valence-electron chi connectivity index (χ2n) is 25.3. The van der Waals surface area contributed by atoms with Gasteiger partial charge in [0.25, 0.3) is 0 Å². The number of hydrogen-bond donors (Lipinski definition) is 0. The van der Waals surface area contributed by atoms with Crippen molar-refractivity contribution in [3.05, 3.63) is 290 Å². The molecule has 0 unspecified atom stereocenters. The van der Waals surface area contributed by atoms with Gasteiger partial charge in [-0.05, 0) is 188 Å². The van der Waals surface area contributed by atoms with Crippen molar-refractivity contribution in [2.75, 3.05) is 0 Å². The van der Waals surface area contributed by atoms with Crippen molar-refractivity contribution in [1.29, 1.82) is 0 Å². The summed E-state index contributed by atoms with van der Waals surface area (Å²) in [7, 11) is 0. The Morgan fingerprint density at radius 1 is 0.200 bits per heavy atom. The van der Waals surface area contributed by atoms with Gasteiger partial charge in [0, 0.05) is 37.9 Å². The zero-order valence-corrected chi connectivity index (χ0v) is 51.4. The van der Waals surface area contributed by atoms with E-state index in [1.807, 2.05) is 36.4 Å². The van der Waals surface area contributed by atoms with Crippen LogP contribution in [0, 0.1) is 0 Å². The SMILES string of the molecule is CC(C)c1ccc2c(ccc3cc(-c4ccc5c(c4)oc4ccccc45)ccc32)c1.CC(C)c1ccc2c(ccc3cc(-c4ccc5oc6ccccc6c5c4)ccc32)c1.CC(C)c1ccc2c(ccc3cc(-c4cccc5c4oc4ccccc45)ccc32)c1. The van der Waals surface area contributed by atoms with Crippen LogP contribution in [-0.2, 0) is 0 Å². The zero-order valence-electron chi connectivity index (χ0n) is 51.4. The third-order valence-electron chi connectivity index (χ3n) is 18.7. The van der Waals surface area contributed by atoms with E-state index in [0.29, 0.717) is 17.8 Å². The lowest BCUT2D eigenvalue weighted by atomic mass is 9.94. The highest BCUT2D eigenvalue weighted by Gasteiger charge is 2.16. The first kappa shape index (κ1) is 54.6. The molecular formula is C87H66O3. The van der Waals surface area contributed by atoms with Crippen molar-refractivity contribution >= 4 is 130 Å². The minimum absolute atomic E-state index is 0.539. The van der Waals surface area contributed by atoms with Gasteiger partial charge in [-0.2, -0.15) is 0 Å². The lowest BCUT2D eigenvalue weighted by Gasteiger charge is -2.10. The van der Waals surface area contributed by atoms with Gasteiger partial charge in [0.1, 0.15) is 33.5 Å². The molecule has 0 aliphatic heterocycles. The Morgan fingerprint density at radius 3 is 1.01 bits per heavy atom. The Labute approximate surface area is 523 Å². The van der Waals surface area contributed by atoms with Crippen molar-refractivity contribution in [2.24, 2.45) is 0 Å². The van der Waals surface area contributed by atoms with Crippen LogP contribution in [0.2, 0.25) is 0 Å². The van der Waals surface area contributed by atoms with Crippen LogP contribution in [0.3, 0.4) is 0 Å². The van der Waals surface area contributed by atoms with Gasteiger partial charge >= 0.3 is 0 Å². The standard InChI is InChI=1S/3C29H22O/c1-18(2)19-12-14-23-20(16-19)10-11-21-17-22(13-15-24(21)23)25-7-5-8-27-26-6-3-4-9-28(26)30-29(25)27;1-18(2)19-9-12-24-22(15-19)7-8-23-16-20(10-13-25(23)24)21-11-14-29-27(17-21)26-5-3-4-6-28(26)30-29;1-18(2)19-9-12-24-22(15-19)7-8-23-16-20(10-13-25(23)24)21-11-14-27-26-5-3-4-6-28(26)30-29(27)17-21/h3*3-18H,1-2H3. The van der Waals surface area contributed by atoms with Gasteiger partial charge in [0.05, 0.1) is 0 Å². The summed E-state index contributed by atoms with van der Waals surface area (Å²) in [5.41, 5.74) is 17.0. The van der Waals surface area contributed by atoms with E-state index in [1.165, 1.54) is 141 Å². The van der Waals surface area contributed by atoms with Crippen LogP contribution in [0.1, 0.15) is 76.0 Å². The van der Waals surface area contributed by atoms with Gasteiger partial charge in [0.2, 0.25) is 0 Å². The normalized spacial score (nSPS) is 12.0. The second-order valence-corrected chi connectivity index (χ2v) is 25.3. The average Bonchev–Trinajstić information content (AvgIpc) is 1.66. The molecule has 0 radical (unpaired) electrons. The van der Waals surface area contributed by atoms with Crippen molar-refractivity contribution in [2.45, 2.75) is 59.3 Å². The fourth-order valence-electron chi connectivity index (χ4n) is 13.7. The number of rotatable bonds is 6. The maximum absolute atomic E-state index is 6.26. The first-order valence-electron chi connectivity index (χ1n) is 31.7. The molecule has 18 rings (SSSR count). The monoisotopic (exact) mass is 1160 g/mol. The minimum Gasteiger partial charge on any atom is -0.456 e. The molecule has 18 aromatic rings. The third-order valence-corrected chi connectivity index (χ3v) is 18.7. The summed E-state index contributed by atoms with van der Waals surface area (Å²) in [6, 6.07) is 98.5. The maximum Gasteiger partial charge on any atom is 0.143 e. The highest BCUT2D eigenvalue weighted by molar-refractivity contribution is 6.14. The largest absolute Gasteiger partial charge is 0.456 e. The molecule has 0 saturated carbocycles. The summed E-state index contributed by atoms with van der Waals surface area (Å²) in [4.78, 5) is 0. The third kappa shape index (κ3) is 9.70. The van der Waals surface area contributed by atoms with E-state index < -0.39 is 0 Å². The molecular weight excluding hydrogens is 1090 g/mol. The van der Waals surface area contributed by atoms with Gasteiger partial charge in [-0.15, -0.1) is 0 Å². The molecule has 3 heterocycles. The van der Waals surface area contributed by atoms with Crippen molar-refractivity contribution in [3.63, 3.8) is 0 Å². The maximum atomic E-state index is 6.26. The summed E-state index contributed by atoms with van der Waals surface area (Å²) in [5, 5.41) is 22.6. The number of fused-ring (bicyclic) bond motifs is 18. The van der Waals surface area contributed by atoms with Gasteiger partial charge < -0.3 is 13.3 Å². The number of benzene rings is 15. The predicted octanol–water partition coefficient (Wildman–Crippen LogP) is 26.0. The molecule has 3 heteroatoms. The Kier molecular flexibility index (Phi) is 13.4. The summed E-state index contributed by atoms with van der Waals surface area (Å²) >= 11 is 0. The first-order chi connectivity index (χ1) is 44.0. The first-order valence-corrected chi connectivity index (χ1v) is 31.7. The lowest BCUT2D eigenvalue weighted by Crippen LogP contribution is -1.87. The molecule has 0 atom stereocenters. The van der Waals surface area contributed by atoms with Crippen molar-refractivity contribution in [3.8, 4) is 33.4 Å². The average molecular weight is 1160 g/mol. The fourth-order valence-corrected chi connectivity index (χ4v) is 13.7. The summed E-state index contributed by atoms with van der Waals surface area (Å²) in [6.45, 7) is 13.5. The molecule has 0 spiro atoms. The molecule has 0 fully saturated rings. The number of para-hydroxylation sites is 4. The number of hydrogen-bond acceptors (Lipinski definition) is 3. The summed E-state index contributed by atoms with van der Waals surface area (Å²) in [6.07, 6.45) is 0. The molecule has 0 bridgehead atoms. The number of furan rings is 3. The van der Waals surface area contributed by atoms with Crippen LogP contribution < -0.4 is 0 Å². The van der Waals surface area contributed by atoms with E-state index in [2.05, 4.69) is 278 Å². The van der Waals surface area contributed by atoms with Crippen LogP contribution in [0.15, 0.2) is 286 Å². The van der Waals surface area contributed by atoms with Gasteiger partial charge in [-0.1, -0.05) is 254 Å². The smallest absolute Gasteiger partial charge is 0.143 e. The van der Waals surface area contributed by atoms with E-state index in [0.717, 1.165) is 39.1 Å². The van der Waals surface area contributed by atoms with E-state index in [1.54, 1.807) is 0 Å². The highest BCUT2D eigenvalue weighted by atomic mass is 16.3. The summed E-state index contributed by atoms with van der Waals surface area (Å²) < 4.78 is 18.3. The van der Waals surface area contributed by atoms with Crippen LogP contribution >= 0.6 is 0 Å². The molecule has 90 heavy (non-hydrogen) atoms. The van der Waals surface area contributed by atoms with Crippen LogP contribution in [-0.4, -0.2) is 0 Å².